The monoisotopic (exact) mass is 230 g/mol. The first-order chi connectivity index (χ1) is 8.36. The molecule has 1 aromatic carbocycles. The summed E-state index contributed by atoms with van der Waals surface area (Å²) in [6.45, 7) is 1.98. The van der Waals surface area contributed by atoms with Gasteiger partial charge in [0, 0.05) is 12.2 Å². The first-order valence-electron chi connectivity index (χ1n) is 5.71. The van der Waals surface area contributed by atoms with Crippen LogP contribution in [0.2, 0.25) is 0 Å². The molecule has 2 N–H and O–H groups in total. The third-order valence-electron chi connectivity index (χ3n) is 3.00. The van der Waals surface area contributed by atoms with Crippen LogP contribution in [0.5, 0.6) is 0 Å². The van der Waals surface area contributed by atoms with Crippen LogP contribution in [0.4, 0.5) is 5.69 Å². The van der Waals surface area contributed by atoms with E-state index in [4.69, 9.17) is 10.3 Å². The molecule has 0 saturated heterocycles. The van der Waals surface area contributed by atoms with Crippen molar-refractivity contribution in [2.45, 2.75) is 19.5 Å². The number of para-hydroxylation sites is 1. The minimum absolute atomic E-state index is 0.295. The number of nitrogens with two attached hydrogens (primary N) is 1. The molecule has 1 aliphatic rings. The summed E-state index contributed by atoms with van der Waals surface area (Å²) in [6.07, 6.45) is 1.08. The molecule has 0 bridgehead atoms. The molecule has 0 saturated carbocycles. The molecule has 0 aliphatic carbocycles. The fourth-order valence-corrected chi connectivity index (χ4v) is 2.18. The molecule has 0 atom stereocenters. The molecule has 5 heteroatoms. The van der Waals surface area contributed by atoms with E-state index in [-0.39, 0.29) is 0 Å². The predicted molar refractivity (Wildman–Crippen MR) is 63.4 cm³/mol. The Bertz CT molecular complexity index is 523. The van der Waals surface area contributed by atoms with Crippen molar-refractivity contribution < 1.29 is 4.52 Å². The summed E-state index contributed by atoms with van der Waals surface area (Å²) in [7, 11) is 0. The van der Waals surface area contributed by atoms with E-state index in [0.29, 0.717) is 24.8 Å². The lowest BCUT2D eigenvalue weighted by atomic mass is 10.2. The predicted octanol–water partition coefficient (Wildman–Crippen LogP) is 1.09. The molecule has 1 aliphatic heterocycles. The van der Waals surface area contributed by atoms with Gasteiger partial charge in [-0.1, -0.05) is 23.4 Å². The summed E-state index contributed by atoms with van der Waals surface area (Å²) in [6, 6.07) is 8.42. The molecule has 17 heavy (non-hydrogen) atoms. The molecule has 0 fully saturated rings. The number of aromatic nitrogens is 2. The normalized spacial score (nSPS) is 14.1. The molecule has 0 unspecified atom stereocenters. The Kier molecular flexibility index (Phi) is 2.53. The van der Waals surface area contributed by atoms with Crippen LogP contribution in [0.3, 0.4) is 0 Å². The van der Waals surface area contributed by atoms with Crippen molar-refractivity contribution in [3.05, 3.63) is 41.5 Å². The van der Waals surface area contributed by atoms with Crippen LogP contribution in [0.15, 0.2) is 28.8 Å². The van der Waals surface area contributed by atoms with Gasteiger partial charge in [0.2, 0.25) is 5.89 Å². The van der Waals surface area contributed by atoms with Crippen LogP contribution in [-0.4, -0.2) is 16.7 Å². The molecule has 2 heterocycles. The van der Waals surface area contributed by atoms with Crippen molar-refractivity contribution >= 4 is 5.69 Å². The minimum atomic E-state index is 0.295. The van der Waals surface area contributed by atoms with E-state index >= 15 is 0 Å². The van der Waals surface area contributed by atoms with E-state index in [1.807, 2.05) is 0 Å². The van der Waals surface area contributed by atoms with Crippen LogP contribution in [0, 0.1) is 0 Å². The van der Waals surface area contributed by atoms with E-state index in [2.05, 4.69) is 39.3 Å². The zero-order chi connectivity index (χ0) is 11.7. The summed E-state index contributed by atoms with van der Waals surface area (Å²) < 4.78 is 5.00. The lowest BCUT2D eigenvalue weighted by Gasteiger charge is -2.16. The van der Waals surface area contributed by atoms with E-state index in [1.54, 1.807) is 0 Å². The number of anilines is 1. The Morgan fingerprint density at radius 1 is 1.35 bits per heavy atom. The van der Waals surface area contributed by atoms with Crippen molar-refractivity contribution in [2.75, 3.05) is 11.4 Å². The second-order valence-electron chi connectivity index (χ2n) is 4.11. The molecule has 0 amide bonds. The van der Waals surface area contributed by atoms with E-state index in [9.17, 15) is 0 Å². The summed E-state index contributed by atoms with van der Waals surface area (Å²) in [4.78, 5) is 6.49. The number of fused-ring (bicyclic) bond motifs is 1. The SMILES string of the molecule is NCc1nc(CN2CCc3ccccc32)no1. The minimum Gasteiger partial charge on any atom is -0.363 e. The molecular weight excluding hydrogens is 216 g/mol. The third kappa shape index (κ3) is 1.89. The van der Waals surface area contributed by atoms with Crippen molar-refractivity contribution in [1.82, 2.24) is 10.1 Å². The molecule has 5 nitrogen and oxygen atoms in total. The Balaban J connectivity index is 1.79. The van der Waals surface area contributed by atoms with Gasteiger partial charge < -0.3 is 15.2 Å². The van der Waals surface area contributed by atoms with Crippen LogP contribution in [-0.2, 0) is 19.5 Å². The number of hydrogen-bond donors (Lipinski definition) is 1. The molecule has 0 radical (unpaired) electrons. The lowest BCUT2D eigenvalue weighted by Crippen LogP contribution is -2.20. The van der Waals surface area contributed by atoms with Gasteiger partial charge in [-0.15, -0.1) is 0 Å². The van der Waals surface area contributed by atoms with Gasteiger partial charge in [0.1, 0.15) is 0 Å². The summed E-state index contributed by atoms with van der Waals surface area (Å²) in [5.41, 5.74) is 8.09. The molecular formula is C12H14N4O. The standard InChI is InChI=1S/C12H14N4O/c13-7-12-14-11(15-17-12)8-16-6-5-9-3-1-2-4-10(9)16/h1-4H,5-8,13H2. The van der Waals surface area contributed by atoms with Gasteiger partial charge in [0.25, 0.3) is 0 Å². The van der Waals surface area contributed by atoms with Gasteiger partial charge in [-0.3, -0.25) is 0 Å². The Morgan fingerprint density at radius 3 is 3.06 bits per heavy atom. The summed E-state index contributed by atoms with van der Waals surface area (Å²) >= 11 is 0. The zero-order valence-electron chi connectivity index (χ0n) is 9.47. The van der Waals surface area contributed by atoms with Crippen molar-refractivity contribution in [2.24, 2.45) is 5.73 Å². The second-order valence-corrected chi connectivity index (χ2v) is 4.11. The lowest BCUT2D eigenvalue weighted by molar-refractivity contribution is 0.374. The molecule has 3 rings (SSSR count). The van der Waals surface area contributed by atoms with Gasteiger partial charge in [0.05, 0.1) is 13.1 Å². The quantitative estimate of drug-likeness (QED) is 0.854. The van der Waals surface area contributed by atoms with Gasteiger partial charge in [-0.05, 0) is 18.1 Å². The average molecular weight is 230 g/mol. The van der Waals surface area contributed by atoms with Crippen molar-refractivity contribution in [1.29, 1.82) is 0 Å². The highest BCUT2D eigenvalue weighted by Gasteiger charge is 2.20. The highest BCUT2D eigenvalue weighted by Crippen LogP contribution is 2.28. The van der Waals surface area contributed by atoms with E-state index in [0.717, 1.165) is 13.0 Å². The van der Waals surface area contributed by atoms with Crippen molar-refractivity contribution in [3.63, 3.8) is 0 Å². The van der Waals surface area contributed by atoms with E-state index in [1.165, 1.54) is 11.3 Å². The molecule has 2 aromatic rings. The maximum Gasteiger partial charge on any atom is 0.240 e. The maximum absolute atomic E-state index is 5.44. The highest BCUT2D eigenvalue weighted by molar-refractivity contribution is 5.57. The maximum atomic E-state index is 5.44. The fourth-order valence-electron chi connectivity index (χ4n) is 2.18. The Labute approximate surface area is 99.2 Å². The average Bonchev–Trinajstić information content (AvgIpc) is 2.97. The topological polar surface area (TPSA) is 68.2 Å². The van der Waals surface area contributed by atoms with Crippen LogP contribution >= 0.6 is 0 Å². The smallest absolute Gasteiger partial charge is 0.240 e. The first kappa shape index (κ1) is 10.3. The van der Waals surface area contributed by atoms with Crippen molar-refractivity contribution in [3.8, 4) is 0 Å². The zero-order valence-corrected chi connectivity index (χ0v) is 9.47. The second kappa shape index (κ2) is 4.18. The van der Waals surface area contributed by atoms with E-state index < -0.39 is 0 Å². The highest BCUT2D eigenvalue weighted by atomic mass is 16.5. The molecule has 88 valence electrons. The summed E-state index contributed by atoms with van der Waals surface area (Å²) in [5.74, 6) is 1.19. The molecule has 0 spiro atoms. The number of benzene rings is 1. The van der Waals surface area contributed by atoms with Gasteiger partial charge in [-0.25, -0.2) is 0 Å². The number of hydrogen-bond acceptors (Lipinski definition) is 5. The fraction of sp³-hybridized carbons (Fsp3) is 0.333. The van der Waals surface area contributed by atoms with Gasteiger partial charge >= 0.3 is 0 Å². The Morgan fingerprint density at radius 2 is 2.24 bits per heavy atom. The first-order valence-corrected chi connectivity index (χ1v) is 5.71. The Hall–Kier alpha value is -1.88. The molecule has 1 aromatic heterocycles. The van der Waals surface area contributed by atoms with Crippen LogP contribution < -0.4 is 10.6 Å². The third-order valence-corrected chi connectivity index (χ3v) is 3.00. The van der Waals surface area contributed by atoms with Gasteiger partial charge in [0.15, 0.2) is 5.82 Å². The van der Waals surface area contributed by atoms with Gasteiger partial charge in [-0.2, -0.15) is 4.98 Å². The summed E-state index contributed by atoms with van der Waals surface area (Å²) in [5, 5.41) is 3.92. The van der Waals surface area contributed by atoms with Crippen LogP contribution in [0.25, 0.3) is 0 Å². The number of rotatable bonds is 3. The van der Waals surface area contributed by atoms with Crippen LogP contribution in [0.1, 0.15) is 17.3 Å². The number of nitrogens with zero attached hydrogens (tertiary/aromatic N) is 3. The largest absolute Gasteiger partial charge is 0.363 e.